The van der Waals surface area contributed by atoms with Gasteiger partial charge in [0.2, 0.25) is 0 Å². The summed E-state index contributed by atoms with van der Waals surface area (Å²) in [5.74, 6) is -0.341. The molecule has 126 valence electrons. The molecule has 0 saturated carbocycles. The Bertz CT molecular complexity index is 422. The first-order chi connectivity index (χ1) is 10.1. The predicted octanol–water partition coefficient (Wildman–Crippen LogP) is 2.59. The summed E-state index contributed by atoms with van der Waals surface area (Å²) in [5.41, 5.74) is 6.75. The number of hydrogen-bond donors (Lipinski definition) is 1. The summed E-state index contributed by atoms with van der Waals surface area (Å²) in [6.45, 7) is 9.62. The van der Waals surface area contributed by atoms with Crippen LogP contribution < -0.4 is 5.73 Å². The molecule has 0 aliphatic rings. The Balaban J connectivity index is 0.00000441. The van der Waals surface area contributed by atoms with Crippen LogP contribution in [0.25, 0.3) is 0 Å². The van der Waals surface area contributed by atoms with Crippen molar-refractivity contribution in [1.82, 2.24) is 4.90 Å². The minimum atomic E-state index is -0.341. The molecular weight excluding hydrogens is 304 g/mol. The van der Waals surface area contributed by atoms with E-state index in [1.807, 2.05) is 6.92 Å². The van der Waals surface area contributed by atoms with Crippen LogP contribution in [0.3, 0.4) is 0 Å². The average Bonchev–Trinajstić information content (AvgIpc) is 2.50. The van der Waals surface area contributed by atoms with Crippen molar-refractivity contribution in [3.63, 3.8) is 0 Å². The summed E-state index contributed by atoms with van der Waals surface area (Å²) in [5, 5.41) is 0. The first-order valence-electron chi connectivity index (χ1n) is 7.47. The highest BCUT2D eigenvalue weighted by Crippen LogP contribution is 2.09. The first kappa shape index (κ1) is 20.7. The zero-order valence-corrected chi connectivity index (χ0v) is 14.4. The van der Waals surface area contributed by atoms with Crippen molar-refractivity contribution in [2.24, 2.45) is 0 Å². The van der Waals surface area contributed by atoms with Gasteiger partial charge in [0.1, 0.15) is 6.10 Å². The number of likely N-dealkylation sites (N-methyl/N-ethyl adjacent to an activating group) is 1. The van der Waals surface area contributed by atoms with Gasteiger partial charge in [0.25, 0.3) is 0 Å². The number of carbonyl (C=O) groups is 1. The molecular formula is C16H27ClN2O3. The molecule has 0 aliphatic carbocycles. The topological polar surface area (TPSA) is 64.8 Å². The van der Waals surface area contributed by atoms with Crippen molar-refractivity contribution in [3.05, 3.63) is 29.8 Å². The molecule has 0 amide bonds. The Morgan fingerprint density at radius 3 is 2.27 bits per heavy atom. The van der Waals surface area contributed by atoms with Crippen LogP contribution in [0.4, 0.5) is 5.69 Å². The molecule has 0 heterocycles. The number of rotatable bonds is 9. The van der Waals surface area contributed by atoms with Crippen molar-refractivity contribution >= 4 is 24.1 Å². The highest BCUT2D eigenvalue weighted by atomic mass is 35.5. The third-order valence-electron chi connectivity index (χ3n) is 3.28. The quantitative estimate of drug-likeness (QED) is 0.557. The zero-order chi connectivity index (χ0) is 15.7. The normalized spacial score (nSPS) is 11.8. The van der Waals surface area contributed by atoms with Gasteiger partial charge in [0.05, 0.1) is 12.2 Å². The minimum Gasteiger partial charge on any atom is -0.455 e. The molecule has 0 aliphatic heterocycles. The lowest BCUT2D eigenvalue weighted by Crippen LogP contribution is -2.37. The lowest BCUT2D eigenvalue weighted by molar-refractivity contribution is -0.0132. The summed E-state index contributed by atoms with van der Waals surface area (Å²) in [6.07, 6.45) is -0.269. The second-order valence-corrected chi connectivity index (χ2v) is 4.79. The predicted molar refractivity (Wildman–Crippen MR) is 91.6 cm³/mol. The van der Waals surface area contributed by atoms with Gasteiger partial charge in [-0.15, -0.1) is 12.4 Å². The second kappa shape index (κ2) is 11.3. The zero-order valence-electron chi connectivity index (χ0n) is 13.6. The largest absolute Gasteiger partial charge is 0.455 e. The molecule has 6 heteroatoms. The molecule has 1 unspecified atom stereocenters. The third-order valence-corrected chi connectivity index (χ3v) is 3.28. The van der Waals surface area contributed by atoms with Gasteiger partial charge in [-0.3, -0.25) is 0 Å². The molecule has 1 aromatic carbocycles. The summed E-state index contributed by atoms with van der Waals surface area (Å²) in [7, 11) is 0. The fourth-order valence-electron chi connectivity index (χ4n) is 1.98. The molecule has 0 radical (unpaired) electrons. The van der Waals surface area contributed by atoms with Crippen molar-refractivity contribution in [3.8, 4) is 0 Å². The molecule has 5 nitrogen and oxygen atoms in total. The van der Waals surface area contributed by atoms with Crippen LogP contribution >= 0.6 is 12.4 Å². The number of carbonyl (C=O) groups excluding carboxylic acids is 1. The second-order valence-electron chi connectivity index (χ2n) is 4.79. The Kier molecular flexibility index (Phi) is 10.6. The van der Waals surface area contributed by atoms with E-state index in [1.54, 1.807) is 24.3 Å². The smallest absolute Gasteiger partial charge is 0.338 e. The lowest BCUT2D eigenvalue weighted by atomic mass is 10.2. The van der Waals surface area contributed by atoms with Crippen molar-refractivity contribution in [1.29, 1.82) is 0 Å². The number of nitrogens with two attached hydrogens (primary N) is 1. The molecule has 0 aromatic heterocycles. The number of ether oxygens (including phenoxy) is 2. The Morgan fingerprint density at radius 2 is 1.77 bits per heavy atom. The maximum absolute atomic E-state index is 12.2. The summed E-state index contributed by atoms with van der Waals surface area (Å²) < 4.78 is 11.0. The van der Waals surface area contributed by atoms with E-state index in [-0.39, 0.29) is 24.5 Å². The van der Waals surface area contributed by atoms with Gasteiger partial charge in [-0.05, 0) is 44.3 Å². The fraction of sp³-hybridized carbons (Fsp3) is 0.562. The van der Waals surface area contributed by atoms with Crippen LogP contribution in [0.2, 0.25) is 0 Å². The van der Waals surface area contributed by atoms with E-state index in [0.717, 1.165) is 13.1 Å². The molecule has 0 fully saturated rings. The van der Waals surface area contributed by atoms with Crippen molar-refractivity contribution in [2.45, 2.75) is 26.9 Å². The number of nitrogen functional groups attached to an aromatic ring is 1. The van der Waals surface area contributed by atoms with Crippen LogP contribution in [-0.4, -0.2) is 49.8 Å². The summed E-state index contributed by atoms with van der Waals surface area (Å²) in [4.78, 5) is 14.4. The van der Waals surface area contributed by atoms with E-state index in [2.05, 4.69) is 18.7 Å². The van der Waals surface area contributed by atoms with E-state index >= 15 is 0 Å². The van der Waals surface area contributed by atoms with Crippen molar-refractivity contribution in [2.75, 3.05) is 38.6 Å². The highest BCUT2D eigenvalue weighted by Gasteiger charge is 2.18. The van der Waals surface area contributed by atoms with Crippen LogP contribution in [0, 0.1) is 0 Å². The minimum absolute atomic E-state index is 0. The van der Waals surface area contributed by atoms with E-state index in [9.17, 15) is 4.79 Å². The van der Waals surface area contributed by atoms with Crippen molar-refractivity contribution < 1.29 is 14.3 Å². The van der Waals surface area contributed by atoms with Crippen LogP contribution in [-0.2, 0) is 9.47 Å². The molecule has 1 atom stereocenters. The molecule has 0 saturated heterocycles. The summed E-state index contributed by atoms with van der Waals surface area (Å²) >= 11 is 0. The van der Waals surface area contributed by atoms with Gasteiger partial charge >= 0.3 is 5.97 Å². The van der Waals surface area contributed by atoms with Gasteiger partial charge in [-0.25, -0.2) is 4.79 Å². The van der Waals surface area contributed by atoms with E-state index in [0.29, 0.717) is 31.0 Å². The monoisotopic (exact) mass is 330 g/mol. The molecule has 0 bridgehead atoms. The standard InChI is InChI=1S/C16H26N2O3.ClH/c1-4-18(5-2)11-15(12-20-6-3)21-16(19)13-7-9-14(17)10-8-13;/h7-10,15H,4-6,11-12,17H2,1-3H3;1H. The molecule has 1 aromatic rings. The number of benzene rings is 1. The number of anilines is 1. The van der Waals surface area contributed by atoms with E-state index in [4.69, 9.17) is 15.2 Å². The number of nitrogens with zero attached hydrogens (tertiary/aromatic N) is 1. The number of esters is 1. The number of halogens is 1. The van der Waals surface area contributed by atoms with Crippen LogP contribution in [0.1, 0.15) is 31.1 Å². The maximum Gasteiger partial charge on any atom is 0.338 e. The van der Waals surface area contributed by atoms with E-state index in [1.165, 1.54) is 0 Å². The van der Waals surface area contributed by atoms with E-state index < -0.39 is 0 Å². The fourth-order valence-corrected chi connectivity index (χ4v) is 1.98. The Labute approximate surface area is 139 Å². The Hall–Kier alpha value is -1.30. The van der Waals surface area contributed by atoms with Gasteiger partial charge in [-0.1, -0.05) is 13.8 Å². The third kappa shape index (κ3) is 7.11. The summed E-state index contributed by atoms with van der Waals surface area (Å²) in [6, 6.07) is 6.73. The first-order valence-corrected chi connectivity index (χ1v) is 7.47. The van der Waals surface area contributed by atoms with Gasteiger partial charge in [0, 0.05) is 18.8 Å². The van der Waals surface area contributed by atoms with Gasteiger partial charge in [0.15, 0.2) is 0 Å². The Morgan fingerprint density at radius 1 is 1.18 bits per heavy atom. The maximum atomic E-state index is 12.2. The van der Waals surface area contributed by atoms with Crippen LogP contribution in [0.5, 0.6) is 0 Å². The molecule has 22 heavy (non-hydrogen) atoms. The molecule has 2 N–H and O–H groups in total. The lowest BCUT2D eigenvalue weighted by Gasteiger charge is -2.25. The average molecular weight is 331 g/mol. The number of hydrogen-bond acceptors (Lipinski definition) is 5. The molecule has 0 spiro atoms. The van der Waals surface area contributed by atoms with Gasteiger partial charge in [-0.2, -0.15) is 0 Å². The molecule has 1 rings (SSSR count). The van der Waals surface area contributed by atoms with Crippen LogP contribution in [0.15, 0.2) is 24.3 Å². The SMILES string of the molecule is CCOCC(CN(CC)CC)OC(=O)c1ccc(N)cc1.Cl. The highest BCUT2D eigenvalue weighted by molar-refractivity contribution is 5.89. The van der Waals surface area contributed by atoms with Gasteiger partial charge < -0.3 is 20.1 Å².